The summed E-state index contributed by atoms with van der Waals surface area (Å²) in [7, 11) is 0. The van der Waals surface area contributed by atoms with Crippen LogP contribution in [0.1, 0.15) is 5.56 Å². The van der Waals surface area contributed by atoms with Crippen LogP contribution in [0.5, 0.6) is 0 Å². The van der Waals surface area contributed by atoms with Crippen molar-refractivity contribution in [1.82, 2.24) is 14.8 Å². The highest BCUT2D eigenvalue weighted by atomic mass is 19.1. The molecule has 0 saturated carbocycles. The molecule has 0 unspecified atom stereocenters. The third-order valence-electron chi connectivity index (χ3n) is 4.02. The first-order valence-corrected chi connectivity index (χ1v) is 8.50. The standard InChI is InChI=1S/C21H15F2N5/c22-17-8-9-20(19(23)11-17)26-25-13-16-14-28(18-6-2-1-3-7-18)27-21(16)15-5-4-10-24-12-15/h1-14,26H/b25-13-. The van der Waals surface area contributed by atoms with Crippen molar-refractivity contribution in [2.24, 2.45) is 5.10 Å². The number of anilines is 1. The number of aromatic nitrogens is 3. The summed E-state index contributed by atoms with van der Waals surface area (Å²) in [5, 5.41) is 8.72. The van der Waals surface area contributed by atoms with Gasteiger partial charge in [-0.1, -0.05) is 18.2 Å². The quantitative estimate of drug-likeness (QED) is 0.408. The van der Waals surface area contributed by atoms with E-state index in [1.54, 1.807) is 17.1 Å². The summed E-state index contributed by atoms with van der Waals surface area (Å²) >= 11 is 0. The minimum absolute atomic E-state index is 0.0797. The Kier molecular flexibility index (Phi) is 4.88. The molecule has 0 radical (unpaired) electrons. The normalized spacial score (nSPS) is 11.1. The number of hydrazone groups is 1. The zero-order valence-electron chi connectivity index (χ0n) is 14.6. The van der Waals surface area contributed by atoms with E-state index in [0.717, 1.165) is 23.4 Å². The smallest absolute Gasteiger partial charge is 0.151 e. The Hall–Kier alpha value is -3.87. The van der Waals surface area contributed by atoms with Crippen LogP contribution in [0.2, 0.25) is 0 Å². The molecule has 0 aliphatic carbocycles. The van der Waals surface area contributed by atoms with Crippen molar-refractivity contribution in [3.8, 4) is 16.9 Å². The van der Waals surface area contributed by atoms with E-state index in [4.69, 9.17) is 0 Å². The van der Waals surface area contributed by atoms with Gasteiger partial charge in [0.1, 0.15) is 11.5 Å². The molecule has 4 rings (SSSR count). The molecule has 138 valence electrons. The summed E-state index contributed by atoms with van der Waals surface area (Å²) in [6.45, 7) is 0. The molecular weight excluding hydrogens is 360 g/mol. The van der Waals surface area contributed by atoms with Crippen LogP contribution in [0.15, 0.2) is 84.4 Å². The zero-order chi connectivity index (χ0) is 19.3. The summed E-state index contributed by atoms with van der Waals surface area (Å²) in [6, 6.07) is 16.6. The minimum atomic E-state index is -0.718. The monoisotopic (exact) mass is 375 g/mol. The second-order valence-corrected chi connectivity index (χ2v) is 5.95. The molecule has 28 heavy (non-hydrogen) atoms. The van der Waals surface area contributed by atoms with Crippen LogP contribution in [0.3, 0.4) is 0 Å². The van der Waals surface area contributed by atoms with Gasteiger partial charge in [-0.25, -0.2) is 13.5 Å². The number of rotatable bonds is 5. The third-order valence-corrected chi connectivity index (χ3v) is 4.02. The molecule has 0 spiro atoms. The minimum Gasteiger partial charge on any atom is -0.276 e. The fourth-order valence-electron chi connectivity index (χ4n) is 2.67. The first kappa shape index (κ1) is 17.5. The lowest BCUT2D eigenvalue weighted by Gasteiger charge is -2.01. The van der Waals surface area contributed by atoms with Crippen LogP contribution in [-0.2, 0) is 0 Å². The molecule has 2 aromatic heterocycles. The first-order valence-electron chi connectivity index (χ1n) is 8.50. The highest BCUT2D eigenvalue weighted by molar-refractivity contribution is 5.89. The summed E-state index contributed by atoms with van der Waals surface area (Å²) in [5.74, 6) is -1.36. The second-order valence-electron chi connectivity index (χ2n) is 5.95. The molecule has 0 fully saturated rings. The molecule has 2 aromatic carbocycles. The molecule has 0 bridgehead atoms. The maximum Gasteiger partial charge on any atom is 0.151 e. The van der Waals surface area contributed by atoms with Gasteiger partial charge < -0.3 is 0 Å². The van der Waals surface area contributed by atoms with Crippen LogP contribution in [0, 0.1) is 11.6 Å². The van der Waals surface area contributed by atoms with E-state index < -0.39 is 11.6 Å². The highest BCUT2D eigenvalue weighted by Crippen LogP contribution is 2.22. The van der Waals surface area contributed by atoms with E-state index in [9.17, 15) is 8.78 Å². The Balaban J connectivity index is 1.67. The number of nitrogens with zero attached hydrogens (tertiary/aromatic N) is 4. The number of halogens is 2. The summed E-state index contributed by atoms with van der Waals surface area (Å²) in [4.78, 5) is 4.14. The molecule has 0 aliphatic heterocycles. The van der Waals surface area contributed by atoms with E-state index >= 15 is 0 Å². The van der Waals surface area contributed by atoms with E-state index in [-0.39, 0.29) is 5.69 Å². The van der Waals surface area contributed by atoms with Crippen LogP contribution in [0.25, 0.3) is 16.9 Å². The molecular formula is C21H15F2N5. The third kappa shape index (κ3) is 3.78. The van der Waals surface area contributed by atoms with Crippen molar-refractivity contribution in [2.75, 3.05) is 5.43 Å². The first-order chi connectivity index (χ1) is 13.7. The van der Waals surface area contributed by atoms with Crippen molar-refractivity contribution in [2.45, 2.75) is 0 Å². The topological polar surface area (TPSA) is 55.1 Å². The number of benzene rings is 2. The van der Waals surface area contributed by atoms with Crippen LogP contribution in [0.4, 0.5) is 14.5 Å². The van der Waals surface area contributed by atoms with Crippen molar-refractivity contribution >= 4 is 11.9 Å². The van der Waals surface area contributed by atoms with E-state index in [0.29, 0.717) is 11.3 Å². The van der Waals surface area contributed by atoms with Gasteiger partial charge >= 0.3 is 0 Å². The van der Waals surface area contributed by atoms with Crippen molar-refractivity contribution < 1.29 is 8.78 Å². The van der Waals surface area contributed by atoms with Gasteiger partial charge in [0.25, 0.3) is 0 Å². The van der Waals surface area contributed by atoms with Gasteiger partial charge in [0.15, 0.2) is 5.82 Å². The lowest BCUT2D eigenvalue weighted by molar-refractivity contribution is 0.585. The summed E-state index contributed by atoms with van der Waals surface area (Å²) in [6.07, 6.45) is 6.76. The molecule has 1 N–H and O–H groups in total. The van der Waals surface area contributed by atoms with E-state index in [2.05, 4.69) is 20.6 Å². The molecule has 0 saturated heterocycles. The predicted octanol–water partition coefficient (Wildman–Crippen LogP) is 4.66. The van der Waals surface area contributed by atoms with Gasteiger partial charge in [-0.2, -0.15) is 10.2 Å². The number of hydrogen-bond acceptors (Lipinski definition) is 4. The predicted molar refractivity (Wildman–Crippen MR) is 104 cm³/mol. The fraction of sp³-hybridized carbons (Fsp3) is 0. The molecule has 0 atom stereocenters. The van der Waals surface area contributed by atoms with Crippen LogP contribution >= 0.6 is 0 Å². The van der Waals surface area contributed by atoms with Gasteiger partial charge in [0, 0.05) is 35.8 Å². The van der Waals surface area contributed by atoms with Crippen LogP contribution in [-0.4, -0.2) is 21.0 Å². The second kappa shape index (κ2) is 7.79. The van der Waals surface area contributed by atoms with E-state index in [1.807, 2.05) is 48.7 Å². The number of pyridine rings is 1. The van der Waals surface area contributed by atoms with Gasteiger partial charge in [-0.05, 0) is 36.4 Å². The molecule has 7 heteroatoms. The Morgan fingerprint density at radius 1 is 1.00 bits per heavy atom. The Morgan fingerprint density at radius 3 is 2.61 bits per heavy atom. The SMILES string of the molecule is Fc1ccc(N/N=C\c2cn(-c3ccccc3)nc2-c2cccnc2)c(F)c1. The fourth-order valence-corrected chi connectivity index (χ4v) is 2.67. The molecule has 4 aromatic rings. The highest BCUT2D eigenvalue weighted by Gasteiger charge is 2.11. The van der Waals surface area contributed by atoms with Gasteiger partial charge in [-0.3, -0.25) is 10.4 Å². The van der Waals surface area contributed by atoms with Crippen LogP contribution < -0.4 is 5.43 Å². The molecule has 0 amide bonds. The van der Waals surface area contributed by atoms with E-state index in [1.165, 1.54) is 12.3 Å². The molecule has 0 aliphatic rings. The maximum absolute atomic E-state index is 13.7. The Labute approximate surface area is 160 Å². The van der Waals surface area contributed by atoms with Gasteiger partial charge in [0.05, 0.1) is 17.6 Å². The molecule has 5 nitrogen and oxygen atoms in total. The summed E-state index contributed by atoms with van der Waals surface area (Å²) in [5.41, 5.74) is 5.79. The number of hydrogen-bond donors (Lipinski definition) is 1. The molecule has 2 heterocycles. The maximum atomic E-state index is 13.7. The van der Waals surface area contributed by atoms with Gasteiger partial charge in [0.2, 0.25) is 0 Å². The lowest BCUT2D eigenvalue weighted by atomic mass is 10.1. The van der Waals surface area contributed by atoms with Crippen molar-refractivity contribution in [1.29, 1.82) is 0 Å². The number of para-hydroxylation sites is 1. The van der Waals surface area contributed by atoms with Crippen molar-refractivity contribution in [3.05, 3.63) is 96.5 Å². The number of nitrogens with one attached hydrogen (secondary N) is 1. The summed E-state index contributed by atoms with van der Waals surface area (Å²) < 4.78 is 28.5. The Bertz CT molecular complexity index is 1110. The lowest BCUT2D eigenvalue weighted by Crippen LogP contribution is -1.95. The van der Waals surface area contributed by atoms with Crippen molar-refractivity contribution in [3.63, 3.8) is 0 Å². The zero-order valence-corrected chi connectivity index (χ0v) is 14.6. The average molecular weight is 375 g/mol. The van der Waals surface area contributed by atoms with Gasteiger partial charge in [-0.15, -0.1) is 0 Å². The Morgan fingerprint density at radius 2 is 1.86 bits per heavy atom. The largest absolute Gasteiger partial charge is 0.276 e. The average Bonchev–Trinajstić information content (AvgIpc) is 3.15.